The first-order valence-corrected chi connectivity index (χ1v) is 7.34. The van der Waals surface area contributed by atoms with Crippen molar-refractivity contribution in [2.45, 2.75) is 45.1 Å². The molecule has 1 aliphatic carbocycles. The third kappa shape index (κ3) is 3.24. The van der Waals surface area contributed by atoms with Crippen molar-refractivity contribution in [3.8, 4) is 0 Å². The predicted octanol–water partition coefficient (Wildman–Crippen LogP) is 4.96. The molecule has 18 heavy (non-hydrogen) atoms. The van der Waals surface area contributed by atoms with Crippen LogP contribution in [0.5, 0.6) is 0 Å². The van der Waals surface area contributed by atoms with E-state index >= 15 is 0 Å². The minimum Gasteiger partial charge on any atom is -0.399 e. The number of nitrogens with two attached hydrogens (primary N) is 1. The van der Waals surface area contributed by atoms with Gasteiger partial charge >= 0.3 is 0 Å². The molecule has 1 atom stereocenters. The number of rotatable bonds is 3. The van der Waals surface area contributed by atoms with Crippen LogP contribution in [0.25, 0.3) is 0 Å². The smallest absolute Gasteiger partial charge is 0.0722 e. The summed E-state index contributed by atoms with van der Waals surface area (Å²) in [6, 6.07) is 3.87. The molecule has 0 amide bonds. The molecule has 2 rings (SSSR count). The molecule has 1 aromatic rings. The van der Waals surface area contributed by atoms with Gasteiger partial charge in [-0.1, -0.05) is 42.5 Å². The third-order valence-corrected chi connectivity index (χ3v) is 4.39. The fraction of sp³-hybridized carbons (Fsp3) is 0.571. The van der Waals surface area contributed by atoms with Gasteiger partial charge in [0.15, 0.2) is 0 Å². The summed E-state index contributed by atoms with van der Waals surface area (Å²) in [7, 11) is 0. The second-order valence-electron chi connectivity index (χ2n) is 5.19. The third-order valence-electron chi connectivity index (χ3n) is 3.79. The summed E-state index contributed by atoms with van der Waals surface area (Å²) in [5.74, 6) is 0.712. The molecule has 1 aliphatic rings. The summed E-state index contributed by atoms with van der Waals surface area (Å²) in [6.45, 7) is 2.21. The lowest BCUT2D eigenvalue weighted by molar-refractivity contribution is 0.328. The Labute approximate surface area is 119 Å². The highest BCUT2D eigenvalue weighted by atomic mass is 35.5. The van der Waals surface area contributed by atoms with Crippen LogP contribution in [0.1, 0.15) is 39.0 Å². The van der Waals surface area contributed by atoms with Gasteiger partial charge in [-0.15, -0.1) is 0 Å². The van der Waals surface area contributed by atoms with E-state index in [4.69, 9.17) is 28.9 Å². The van der Waals surface area contributed by atoms with Gasteiger partial charge in [-0.2, -0.15) is 0 Å². The fourth-order valence-electron chi connectivity index (χ4n) is 2.71. The van der Waals surface area contributed by atoms with Gasteiger partial charge in [-0.05, 0) is 37.8 Å². The average molecular weight is 287 g/mol. The highest BCUT2D eigenvalue weighted by molar-refractivity contribution is 6.39. The standard InChI is InChI=1S/C14H20Cl2N2/c1-9(10-5-3-2-4-6-10)18-14-12(15)7-11(17)8-13(14)16/h7-10,18H,2-6,17H2,1H3. The average Bonchev–Trinajstić information content (AvgIpc) is 2.34. The Balaban J connectivity index is 2.08. The van der Waals surface area contributed by atoms with Gasteiger partial charge in [0, 0.05) is 11.7 Å². The minimum absolute atomic E-state index is 0.393. The monoisotopic (exact) mass is 286 g/mol. The summed E-state index contributed by atoms with van der Waals surface area (Å²) >= 11 is 12.4. The maximum Gasteiger partial charge on any atom is 0.0722 e. The van der Waals surface area contributed by atoms with Crippen molar-refractivity contribution in [2.75, 3.05) is 11.1 Å². The van der Waals surface area contributed by atoms with Crippen LogP contribution in [-0.4, -0.2) is 6.04 Å². The first kappa shape index (κ1) is 13.8. The molecular formula is C14H20Cl2N2. The summed E-state index contributed by atoms with van der Waals surface area (Å²) in [5, 5.41) is 4.66. The quantitative estimate of drug-likeness (QED) is 0.771. The molecule has 3 N–H and O–H groups in total. The normalized spacial score (nSPS) is 18.6. The molecule has 1 aromatic carbocycles. The molecule has 0 aliphatic heterocycles. The zero-order valence-corrected chi connectivity index (χ0v) is 12.2. The largest absolute Gasteiger partial charge is 0.399 e. The Morgan fingerprint density at radius 3 is 2.28 bits per heavy atom. The molecular weight excluding hydrogens is 267 g/mol. The van der Waals surface area contributed by atoms with E-state index in [-0.39, 0.29) is 0 Å². The number of nitrogen functional groups attached to an aromatic ring is 1. The van der Waals surface area contributed by atoms with Crippen molar-refractivity contribution >= 4 is 34.6 Å². The van der Waals surface area contributed by atoms with Gasteiger partial charge < -0.3 is 11.1 Å². The van der Waals surface area contributed by atoms with Crippen molar-refractivity contribution in [1.29, 1.82) is 0 Å². The zero-order chi connectivity index (χ0) is 13.1. The van der Waals surface area contributed by atoms with Crippen molar-refractivity contribution in [3.05, 3.63) is 22.2 Å². The molecule has 0 saturated heterocycles. The maximum absolute atomic E-state index is 6.19. The van der Waals surface area contributed by atoms with Crippen LogP contribution in [0, 0.1) is 5.92 Å². The lowest BCUT2D eigenvalue weighted by Crippen LogP contribution is -2.27. The van der Waals surface area contributed by atoms with E-state index < -0.39 is 0 Å². The zero-order valence-electron chi connectivity index (χ0n) is 10.7. The molecule has 0 radical (unpaired) electrons. The van der Waals surface area contributed by atoms with Crippen LogP contribution in [0.3, 0.4) is 0 Å². The second kappa shape index (κ2) is 6.03. The van der Waals surface area contributed by atoms with E-state index in [2.05, 4.69) is 12.2 Å². The van der Waals surface area contributed by atoms with E-state index in [9.17, 15) is 0 Å². The lowest BCUT2D eigenvalue weighted by atomic mass is 9.84. The van der Waals surface area contributed by atoms with Crippen LogP contribution >= 0.6 is 23.2 Å². The molecule has 4 heteroatoms. The SMILES string of the molecule is CC(Nc1c(Cl)cc(N)cc1Cl)C1CCCCC1. The molecule has 0 spiro atoms. The number of halogens is 2. The lowest BCUT2D eigenvalue weighted by Gasteiger charge is -2.29. The fourth-order valence-corrected chi connectivity index (χ4v) is 3.32. The van der Waals surface area contributed by atoms with E-state index in [0.717, 1.165) is 5.69 Å². The highest BCUT2D eigenvalue weighted by Crippen LogP contribution is 2.35. The predicted molar refractivity (Wildman–Crippen MR) is 80.5 cm³/mol. The summed E-state index contributed by atoms with van der Waals surface area (Å²) in [5.41, 5.74) is 7.11. The summed E-state index contributed by atoms with van der Waals surface area (Å²) in [6.07, 6.45) is 6.61. The molecule has 0 bridgehead atoms. The number of anilines is 2. The maximum atomic E-state index is 6.19. The second-order valence-corrected chi connectivity index (χ2v) is 6.01. The summed E-state index contributed by atoms with van der Waals surface area (Å²) < 4.78 is 0. The van der Waals surface area contributed by atoms with E-state index in [0.29, 0.717) is 27.7 Å². The van der Waals surface area contributed by atoms with E-state index in [1.54, 1.807) is 12.1 Å². The van der Waals surface area contributed by atoms with Crippen molar-refractivity contribution in [1.82, 2.24) is 0 Å². The number of hydrogen-bond donors (Lipinski definition) is 2. The van der Waals surface area contributed by atoms with Gasteiger partial charge in [0.2, 0.25) is 0 Å². The van der Waals surface area contributed by atoms with E-state index in [1.165, 1.54) is 32.1 Å². The molecule has 1 unspecified atom stereocenters. The molecule has 0 aromatic heterocycles. The van der Waals surface area contributed by atoms with Crippen molar-refractivity contribution in [2.24, 2.45) is 5.92 Å². The molecule has 1 fully saturated rings. The number of nitrogens with one attached hydrogen (secondary N) is 1. The van der Waals surface area contributed by atoms with Gasteiger partial charge in [0.25, 0.3) is 0 Å². The minimum atomic E-state index is 0.393. The Kier molecular flexibility index (Phi) is 4.63. The number of hydrogen-bond acceptors (Lipinski definition) is 2. The molecule has 0 heterocycles. The van der Waals surface area contributed by atoms with Crippen LogP contribution in [0.4, 0.5) is 11.4 Å². The molecule has 100 valence electrons. The first-order chi connectivity index (χ1) is 8.58. The van der Waals surface area contributed by atoms with Gasteiger partial charge in [-0.3, -0.25) is 0 Å². The van der Waals surface area contributed by atoms with Crippen molar-refractivity contribution in [3.63, 3.8) is 0 Å². The Bertz CT molecular complexity index is 391. The van der Waals surface area contributed by atoms with E-state index in [1.807, 2.05) is 0 Å². The van der Waals surface area contributed by atoms with Gasteiger partial charge in [0.1, 0.15) is 0 Å². The van der Waals surface area contributed by atoms with Crippen LogP contribution in [0.15, 0.2) is 12.1 Å². The molecule has 2 nitrogen and oxygen atoms in total. The number of benzene rings is 1. The Hall–Kier alpha value is -0.600. The Morgan fingerprint density at radius 2 is 1.72 bits per heavy atom. The highest BCUT2D eigenvalue weighted by Gasteiger charge is 2.21. The van der Waals surface area contributed by atoms with Crippen LogP contribution in [-0.2, 0) is 0 Å². The first-order valence-electron chi connectivity index (χ1n) is 6.59. The van der Waals surface area contributed by atoms with Gasteiger partial charge in [0.05, 0.1) is 15.7 Å². The van der Waals surface area contributed by atoms with Gasteiger partial charge in [-0.25, -0.2) is 0 Å². The summed E-state index contributed by atoms with van der Waals surface area (Å²) in [4.78, 5) is 0. The van der Waals surface area contributed by atoms with Crippen LogP contribution in [0.2, 0.25) is 10.0 Å². The van der Waals surface area contributed by atoms with Crippen LogP contribution < -0.4 is 11.1 Å². The topological polar surface area (TPSA) is 38.0 Å². The molecule has 1 saturated carbocycles. The van der Waals surface area contributed by atoms with Crippen molar-refractivity contribution < 1.29 is 0 Å². The Morgan fingerprint density at radius 1 is 1.17 bits per heavy atom.